The number of rotatable bonds is 24. The average Bonchev–Trinajstić information content (AvgIpc) is 3.29. The molecule has 0 aromatic heterocycles. The van der Waals surface area contributed by atoms with E-state index in [0.717, 1.165) is 18.6 Å². The van der Waals surface area contributed by atoms with E-state index in [1.165, 1.54) is 174 Å². The van der Waals surface area contributed by atoms with Crippen molar-refractivity contribution in [1.82, 2.24) is 0 Å². The van der Waals surface area contributed by atoms with Gasteiger partial charge >= 0.3 is 23.9 Å². The van der Waals surface area contributed by atoms with Crippen molar-refractivity contribution in [3.05, 3.63) is 149 Å². The summed E-state index contributed by atoms with van der Waals surface area (Å²) in [6.45, 7) is 2.91. The summed E-state index contributed by atoms with van der Waals surface area (Å²) in [5, 5.41) is 8.92. The van der Waals surface area contributed by atoms with Crippen molar-refractivity contribution in [1.29, 1.82) is 5.26 Å². The van der Waals surface area contributed by atoms with E-state index < -0.39 is 23.9 Å². The Hall–Kier alpha value is -6.73. The minimum absolute atomic E-state index is 0.197. The largest absolute Gasteiger partial charge is 0.494 e. The molecular formula is C51H53NO9. The van der Waals surface area contributed by atoms with Crippen molar-refractivity contribution >= 4 is 23.9 Å². The molecule has 0 saturated carbocycles. The monoisotopic (exact) mass is 823 g/mol. The van der Waals surface area contributed by atoms with Gasteiger partial charge in [-0.05, 0) is 128 Å². The summed E-state index contributed by atoms with van der Waals surface area (Å²) < 4.78 is 27.6. The number of benzene rings is 5. The number of unbranched alkanes of at least 4 members (excludes halogenated alkanes) is 13. The fourth-order valence-corrected chi connectivity index (χ4v) is 6.41. The Balaban J connectivity index is 0.956. The highest BCUT2D eigenvalue weighted by molar-refractivity contribution is 5.94. The third-order valence-corrected chi connectivity index (χ3v) is 9.95. The van der Waals surface area contributed by atoms with E-state index in [1.807, 2.05) is 6.07 Å². The second kappa shape index (κ2) is 25.0. The maximum atomic E-state index is 12.8. The van der Waals surface area contributed by atoms with Crippen LogP contribution < -0.4 is 23.7 Å². The summed E-state index contributed by atoms with van der Waals surface area (Å²) in [5.41, 5.74) is 1.40. The van der Waals surface area contributed by atoms with E-state index in [-0.39, 0.29) is 39.5 Å². The predicted octanol–water partition coefficient (Wildman–Crippen LogP) is 12.3. The Morgan fingerprint density at radius 3 is 0.951 bits per heavy atom. The lowest BCUT2D eigenvalue weighted by atomic mass is 10.0. The number of hydrogen-bond acceptors (Lipinski definition) is 10. The molecule has 0 radical (unpaired) electrons. The highest BCUT2D eigenvalue weighted by atomic mass is 16.5. The van der Waals surface area contributed by atoms with Gasteiger partial charge in [0.2, 0.25) is 0 Å². The molecule has 0 aliphatic carbocycles. The van der Waals surface area contributed by atoms with E-state index in [2.05, 4.69) is 6.92 Å². The van der Waals surface area contributed by atoms with Crippen LogP contribution in [0.25, 0.3) is 0 Å². The fraction of sp³-hybridized carbons (Fsp3) is 0.314. The van der Waals surface area contributed by atoms with Crippen LogP contribution in [0, 0.1) is 11.3 Å². The van der Waals surface area contributed by atoms with Gasteiger partial charge in [-0.3, -0.25) is 0 Å². The van der Waals surface area contributed by atoms with Crippen LogP contribution in [0.2, 0.25) is 0 Å². The minimum Gasteiger partial charge on any atom is -0.494 e. The second-order valence-corrected chi connectivity index (χ2v) is 14.7. The van der Waals surface area contributed by atoms with Crippen LogP contribution in [-0.2, 0) is 0 Å². The van der Waals surface area contributed by atoms with Gasteiger partial charge < -0.3 is 23.7 Å². The number of hydrogen-bond donors (Lipinski definition) is 0. The van der Waals surface area contributed by atoms with Gasteiger partial charge in [0.25, 0.3) is 0 Å². The third-order valence-electron chi connectivity index (χ3n) is 9.95. The molecular weight excluding hydrogens is 771 g/mol. The van der Waals surface area contributed by atoms with Crippen molar-refractivity contribution in [2.24, 2.45) is 0 Å². The molecule has 0 bridgehead atoms. The molecule has 0 spiro atoms. The van der Waals surface area contributed by atoms with Crippen molar-refractivity contribution in [2.75, 3.05) is 6.61 Å². The Bertz CT molecular complexity index is 2170. The van der Waals surface area contributed by atoms with Crippen molar-refractivity contribution in [3.8, 4) is 34.8 Å². The van der Waals surface area contributed by atoms with Crippen molar-refractivity contribution in [3.63, 3.8) is 0 Å². The topological polar surface area (TPSA) is 138 Å². The van der Waals surface area contributed by atoms with Crippen LogP contribution in [0.15, 0.2) is 121 Å². The van der Waals surface area contributed by atoms with Crippen LogP contribution in [0.4, 0.5) is 0 Å². The molecule has 0 aliphatic heterocycles. The molecule has 316 valence electrons. The molecule has 0 amide bonds. The van der Waals surface area contributed by atoms with Gasteiger partial charge in [0.1, 0.15) is 28.7 Å². The average molecular weight is 824 g/mol. The molecule has 0 fully saturated rings. The van der Waals surface area contributed by atoms with Crippen molar-refractivity contribution < 1.29 is 42.9 Å². The number of esters is 4. The summed E-state index contributed by atoms with van der Waals surface area (Å²) in [5.74, 6) is -0.714. The number of carbonyl (C=O) groups is 4. The van der Waals surface area contributed by atoms with Crippen LogP contribution in [-0.4, -0.2) is 30.5 Å². The quantitative estimate of drug-likeness (QED) is 0.0336. The second-order valence-electron chi connectivity index (χ2n) is 14.7. The minimum atomic E-state index is -0.657. The molecule has 0 atom stereocenters. The normalized spacial score (nSPS) is 10.6. The van der Waals surface area contributed by atoms with Crippen LogP contribution in [0.3, 0.4) is 0 Å². The first-order valence-corrected chi connectivity index (χ1v) is 21.2. The molecule has 0 unspecified atom stereocenters. The fourth-order valence-electron chi connectivity index (χ4n) is 6.41. The molecule has 61 heavy (non-hydrogen) atoms. The lowest BCUT2D eigenvalue weighted by Crippen LogP contribution is -2.11. The Kier molecular flexibility index (Phi) is 18.6. The summed E-state index contributed by atoms with van der Waals surface area (Å²) in [7, 11) is 0. The van der Waals surface area contributed by atoms with Gasteiger partial charge in [-0.2, -0.15) is 5.26 Å². The molecule has 10 nitrogen and oxygen atoms in total. The highest BCUT2D eigenvalue weighted by Gasteiger charge is 2.15. The van der Waals surface area contributed by atoms with Gasteiger partial charge in [0.15, 0.2) is 0 Å². The van der Waals surface area contributed by atoms with E-state index in [0.29, 0.717) is 17.9 Å². The lowest BCUT2D eigenvalue weighted by molar-refractivity contribution is 0.0722. The molecule has 5 aromatic rings. The van der Waals surface area contributed by atoms with E-state index in [4.69, 9.17) is 28.9 Å². The number of nitrogens with zero attached hydrogens (tertiary/aromatic N) is 1. The zero-order valence-electron chi connectivity index (χ0n) is 34.8. The summed E-state index contributed by atoms with van der Waals surface area (Å²) >= 11 is 0. The van der Waals surface area contributed by atoms with Gasteiger partial charge in [-0.25, -0.2) is 19.2 Å². The van der Waals surface area contributed by atoms with Gasteiger partial charge in [0, 0.05) is 0 Å². The zero-order valence-corrected chi connectivity index (χ0v) is 34.8. The lowest BCUT2D eigenvalue weighted by Gasteiger charge is -2.09. The maximum absolute atomic E-state index is 12.8. The Morgan fingerprint density at radius 1 is 0.377 bits per heavy atom. The van der Waals surface area contributed by atoms with Crippen LogP contribution in [0.5, 0.6) is 28.7 Å². The first-order chi connectivity index (χ1) is 29.8. The van der Waals surface area contributed by atoms with Crippen molar-refractivity contribution in [2.45, 2.75) is 96.8 Å². The van der Waals surface area contributed by atoms with Crippen LogP contribution in [0.1, 0.15) is 144 Å². The SMILES string of the molecule is CCCCCCCCCCCCCCCCOc1ccc(OC(=O)c2ccc(OC(=O)c3ccc(OC(=O)c4ccc(OC(=O)c5ccc(C#N)cc5)cc4)cc3)cc2)cc1. The first-order valence-electron chi connectivity index (χ1n) is 21.2. The summed E-state index contributed by atoms with van der Waals surface area (Å²) in [6.07, 6.45) is 18.4. The molecule has 5 rings (SSSR count). The van der Waals surface area contributed by atoms with E-state index in [1.54, 1.807) is 24.3 Å². The third kappa shape index (κ3) is 15.8. The molecule has 0 heterocycles. The molecule has 0 aliphatic rings. The molecule has 0 saturated heterocycles. The molecule has 0 N–H and O–H groups in total. The van der Waals surface area contributed by atoms with E-state index >= 15 is 0 Å². The predicted molar refractivity (Wildman–Crippen MR) is 233 cm³/mol. The van der Waals surface area contributed by atoms with Crippen LogP contribution >= 0.6 is 0 Å². The highest BCUT2D eigenvalue weighted by Crippen LogP contribution is 2.23. The zero-order chi connectivity index (χ0) is 43.1. The standard InChI is InChI=1S/C51H53NO9/c1-2-3-4-5-6-7-8-9-10-11-12-13-14-15-36-57-43-32-34-47(35-33-43)61-51(56)42-24-30-46(31-25-42)60-50(55)41-22-28-45(29-23-41)59-49(54)40-20-26-44(27-21-40)58-48(53)39-18-16-38(37-52)17-19-39/h16-35H,2-15,36H2,1H3. The van der Waals surface area contributed by atoms with Gasteiger partial charge in [0.05, 0.1) is 40.5 Å². The first kappa shape index (κ1) is 45.4. The van der Waals surface area contributed by atoms with Gasteiger partial charge in [-0.1, -0.05) is 90.4 Å². The molecule has 10 heteroatoms. The van der Waals surface area contributed by atoms with Gasteiger partial charge in [-0.15, -0.1) is 0 Å². The summed E-state index contributed by atoms with van der Waals surface area (Å²) in [4.78, 5) is 50.7. The summed E-state index contributed by atoms with van der Waals surface area (Å²) in [6, 6.07) is 32.6. The maximum Gasteiger partial charge on any atom is 0.343 e. The number of carbonyl (C=O) groups excluding carboxylic acids is 4. The van der Waals surface area contributed by atoms with E-state index in [9.17, 15) is 19.2 Å². The Morgan fingerprint density at radius 2 is 0.639 bits per heavy atom. The Labute approximate surface area is 358 Å². The smallest absolute Gasteiger partial charge is 0.343 e. The number of nitriles is 1. The molecule has 5 aromatic carbocycles. The number of ether oxygens (including phenoxy) is 5.